The minimum atomic E-state index is -1.65. The van der Waals surface area contributed by atoms with Gasteiger partial charge in [-0.15, -0.1) is 0 Å². The predicted octanol–water partition coefficient (Wildman–Crippen LogP) is 7.47. The number of rotatable bonds is 8. The van der Waals surface area contributed by atoms with Gasteiger partial charge in [0.15, 0.2) is 0 Å². The fourth-order valence-corrected chi connectivity index (χ4v) is 11.1. The summed E-state index contributed by atoms with van der Waals surface area (Å²) < 4.78 is 2.95. The van der Waals surface area contributed by atoms with Crippen molar-refractivity contribution in [3.8, 4) is 0 Å². The van der Waals surface area contributed by atoms with Gasteiger partial charge in [-0.25, -0.2) is 0 Å². The van der Waals surface area contributed by atoms with E-state index < -0.39 is 24.6 Å². The molecule has 0 aromatic heterocycles. The van der Waals surface area contributed by atoms with E-state index in [4.69, 9.17) is 9.98 Å². The van der Waals surface area contributed by atoms with Gasteiger partial charge in [0.05, 0.1) is 0 Å². The fraction of sp³-hybridized carbons (Fsp3) is 0.188. The van der Waals surface area contributed by atoms with Crippen LogP contribution >= 0.6 is 0 Å². The summed E-state index contributed by atoms with van der Waals surface area (Å²) >= 11 is -1.65. The van der Waals surface area contributed by atoms with Crippen molar-refractivity contribution >= 4 is 29.9 Å². The van der Waals surface area contributed by atoms with Crippen LogP contribution in [-0.2, 0) is 24.6 Å². The molecule has 0 spiro atoms. The third-order valence-corrected chi connectivity index (χ3v) is 14.3. The standard InChI is InChI=1S/2C16H16N.Hg/c2*1-13(2)15-10-6-7-11-16(15)17-12-14-8-4-3-5-9-14;/h2*3-8,10-13H,1-2H3;. The van der Waals surface area contributed by atoms with Gasteiger partial charge >= 0.3 is 223 Å². The number of aliphatic imine (C=N–C) groups is 2. The first-order valence-corrected chi connectivity index (χ1v) is 17.9. The van der Waals surface area contributed by atoms with Crippen molar-refractivity contribution < 1.29 is 24.6 Å². The average molecular weight is 645 g/mol. The van der Waals surface area contributed by atoms with Crippen LogP contribution in [0.1, 0.15) is 61.8 Å². The van der Waals surface area contributed by atoms with E-state index in [0.717, 1.165) is 11.4 Å². The number of hydrogen-bond acceptors (Lipinski definition) is 2. The van der Waals surface area contributed by atoms with Gasteiger partial charge < -0.3 is 0 Å². The summed E-state index contributed by atoms with van der Waals surface area (Å²) in [7, 11) is 0. The first-order chi connectivity index (χ1) is 17.0. The van der Waals surface area contributed by atoms with Crippen LogP contribution in [0, 0.1) is 0 Å². The molecule has 0 N–H and O–H groups in total. The Balaban J connectivity index is 1.62. The van der Waals surface area contributed by atoms with Crippen molar-refractivity contribution in [2.45, 2.75) is 39.5 Å². The van der Waals surface area contributed by atoms with Crippen molar-refractivity contribution in [3.63, 3.8) is 0 Å². The Bertz CT molecular complexity index is 1230. The zero-order valence-electron chi connectivity index (χ0n) is 21.1. The minimum absolute atomic E-state index is 0.450. The number of nitrogens with zero attached hydrogens (tertiary/aromatic N) is 2. The van der Waals surface area contributed by atoms with Crippen molar-refractivity contribution in [1.82, 2.24) is 0 Å². The van der Waals surface area contributed by atoms with Crippen LogP contribution in [0.5, 0.6) is 0 Å². The van der Waals surface area contributed by atoms with Gasteiger partial charge in [0.1, 0.15) is 0 Å². The molecule has 0 saturated heterocycles. The second-order valence-electron chi connectivity index (χ2n) is 9.52. The molecule has 35 heavy (non-hydrogen) atoms. The molecule has 2 nitrogen and oxygen atoms in total. The molecule has 4 rings (SSSR count). The first kappa shape index (κ1) is 25.3. The van der Waals surface area contributed by atoms with E-state index in [-0.39, 0.29) is 0 Å². The van der Waals surface area contributed by atoms with Crippen LogP contribution in [0.4, 0.5) is 11.4 Å². The Morgan fingerprint density at radius 1 is 0.514 bits per heavy atom. The second-order valence-corrected chi connectivity index (χ2v) is 16.8. The normalized spacial score (nSPS) is 11.6. The van der Waals surface area contributed by atoms with Crippen molar-refractivity contribution in [1.29, 1.82) is 0 Å². The number of benzene rings is 4. The summed E-state index contributed by atoms with van der Waals surface area (Å²) in [5.74, 6) is 0.899. The van der Waals surface area contributed by atoms with Gasteiger partial charge in [-0.1, -0.05) is 0 Å². The predicted molar refractivity (Wildman–Crippen MR) is 148 cm³/mol. The van der Waals surface area contributed by atoms with Crippen LogP contribution in [0.15, 0.2) is 107 Å². The molecule has 0 unspecified atom stereocenters. The van der Waals surface area contributed by atoms with Gasteiger partial charge in [0, 0.05) is 0 Å². The van der Waals surface area contributed by atoms with Gasteiger partial charge in [-0.05, 0) is 0 Å². The van der Waals surface area contributed by atoms with Crippen molar-refractivity contribution in [2.75, 3.05) is 0 Å². The zero-order valence-corrected chi connectivity index (χ0v) is 26.6. The molecule has 0 heterocycles. The van der Waals surface area contributed by atoms with Crippen LogP contribution in [-0.4, -0.2) is 12.4 Å². The number of para-hydroxylation sites is 2. The topological polar surface area (TPSA) is 24.7 Å². The molecule has 172 valence electrons. The molecule has 0 fully saturated rings. The molecular weight excluding hydrogens is 613 g/mol. The van der Waals surface area contributed by atoms with E-state index in [0.29, 0.717) is 11.8 Å². The first-order valence-electron chi connectivity index (χ1n) is 12.4. The summed E-state index contributed by atoms with van der Waals surface area (Å²) in [6, 6.07) is 34.4. The molecule has 0 saturated carbocycles. The summed E-state index contributed by atoms with van der Waals surface area (Å²) in [5, 5.41) is 0. The number of hydrogen-bond donors (Lipinski definition) is 0. The maximum atomic E-state index is 4.91. The summed E-state index contributed by atoms with van der Waals surface area (Å²) in [5.41, 5.74) is 7.17. The fourth-order valence-electron chi connectivity index (χ4n) is 4.31. The monoisotopic (exact) mass is 646 g/mol. The van der Waals surface area contributed by atoms with Gasteiger partial charge in [-0.2, -0.15) is 0 Å². The van der Waals surface area contributed by atoms with Crippen LogP contribution in [0.3, 0.4) is 0 Å². The Kier molecular flexibility index (Phi) is 8.82. The molecular formula is C32H32HgN2. The quantitative estimate of drug-likeness (QED) is 0.141. The average Bonchev–Trinajstić information content (AvgIpc) is 2.88. The Morgan fingerprint density at radius 3 is 1.31 bits per heavy atom. The van der Waals surface area contributed by atoms with Gasteiger partial charge in [-0.3, -0.25) is 0 Å². The summed E-state index contributed by atoms with van der Waals surface area (Å²) in [4.78, 5) is 9.82. The summed E-state index contributed by atoms with van der Waals surface area (Å²) in [6.45, 7) is 8.88. The van der Waals surface area contributed by atoms with E-state index in [1.165, 1.54) is 28.4 Å². The van der Waals surface area contributed by atoms with E-state index in [1.807, 2.05) is 0 Å². The molecule has 0 aliphatic heterocycles. The van der Waals surface area contributed by atoms with Crippen LogP contribution in [0.25, 0.3) is 0 Å². The molecule has 0 atom stereocenters. The van der Waals surface area contributed by atoms with Crippen LogP contribution < -0.4 is 6.14 Å². The molecule has 0 aliphatic rings. The SMILES string of the molecule is CC(C)c1ccccc1N=Cc1cccc[c]1[Hg][c]1ccccc1C=Nc1ccccc1C(C)C. The molecule has 0 radical (unpaired) electrons. The molecule has 0 amide bonds. The Hall–Kier alpha value is -2.84. The van der Waals surface area contributed by atoms with Crippen LogP contribution in [0.2, 0.25) is 0 Å². The van der Waals surface area contributed by atoms with Crippen molar-refractivity contribution in [3.05, 3.63) is 119 Å². The molecule has 4 aromatic rings. The maximum absolute atomic E-state index is 4.91. The van der Waals surface area contributed by atoms with Gasteiger partial charge in [0.2, 0.25) is 0 Å². The third-order valence-electron chi connectivity index (χ3n) is 6.29. The Labute approximate surface area is 222 Å². The van der Waals surface area contributed by atoms with E-state index >= 15 is 0 Å². The molecule has 0 aliphatic carbocycles. The molecule has 0 bridgehead atoms. The third kappa shape index (κ3) is 6.64. The molecule has 3 heteroatoms. The van der Waals surface area contributed by atoms with Crippen molar-refractivity contribution in [2.24, 2.45) is 9.98 Å². The van der Waals surface area contributed by atoms with E-state index in [1.54, 1.807) is 0 Å². The van der Waals surface area contributed by atoms with E-state index in [2.05, 4.69) is 137 Å². The Morgan fingerprint density at radius 2 is 0.886 bits per heavy atom. The molecule has 4 aromatic carbocycles. The zero-order chi connectivity index (χ0) is 24.6. The second kappa shape index (κ2) is 12.2. The van der Waals surface area contributed by atoms with Gasteiger partial charge in [0.25, 0.3) is 0 Å². The summed E-state index contributed by atoms with van der Waals surface area (Å²) in [6.07, 6.45) is 4.12. The van der Waals surface area contributed by atoms with E-state index in [9.17, 15) is 0 Å².